The standard InChI is InChI=1S/C9H6BrF3N2O3/c10-4-8(16)14-5-1-2-7(15(17)18)6(3-5)9(11,12)13/h1-3H,4H2,(H,14,16). The van der Waals surface area contributed by atoms with E-state index >= 15 is 0 Å². The number of benzene rings is 1. The number of halogens is 4. The molecule has 9 heteroatoms. The summed E-state index contributed by atoms with van der Waals surface area (Å²) in [5.74, 6) is -0.558. The van der Waals surface area contributed by atoms with Crippen LogP contribution >= 0.6 is 15.9 Å². The molecule has 0 aliphatic heterocycles. The molecule has 0 saturated heterocycles. The zero-order chi connectivity index (χ0) is 13.9. The van der Waals surface area contributed by atoms with Gasteiger partial charge in [-0.1, -0.05) is 15.9 Å². The van der Waals surface area contributed by atoms with Gasteiger partial charge in [-0.3, -0.25) is 14.9 Å². The molecule has 0 aliphatic rings. The van der Waals surface area contributed by atoms with Gasteiger partial charge < -0.3 is 5.32 Å². The highest BCUT2D eigenvalue weighted by atomic mass is 79.9. The summed E-state index contributed by atoms with van der Waals surface area (Å²) in [6, 6.07) is 2.26. The number of hydrogen-bond donors (Lipinski definition) is 1. The molecule has 0 spiro atoms. The lowest BCUT2D eigenvalue weighted by Gasteiger charge is -2.10. The Morgan fingerprint density at radius 3 is 2.50 bits per heavy atom. The molecule has 0 atom stereocenters. The van der Waals surface area contributed by atoms with Gasteiger partial charge in [0.15, 0.2) is 0 Å². The van der Waals surface area contributed by atoms with Crippen molar-refractivity contribution in [1.29, 1.82) is 0 Å². The molecule has 1 N–H and O–H groups in total. The number of nitro benzene ring substituents is 1. The molecule has 98 valence electrons. The average molecular weight is 327 g/mol. The van der Waals surface area contributed by atoms with Gasteiger partial charge in [0.25, 0.3) is 5.69 Å². The molecule has 0 saturated carbocycles. The summed E-state index contributed by atoms with van der Waals surface area (Å²) in [7, 11) is 0. The lowest BCUT2D eigenvalue weighted by Crippen LogP contribution is -2.14. The second-order valence-corrected chi connectivity index (χ2v) is 3.73. The number of carbonyl (C=O) groups is 1. The molecular weight excluding hydrogens is 321 g/mol. The fourth-order valence-electron chi connectivity index (χ4n) is 1.19. The van der Waals surface area contributed by atoms with Crippen LogP contribution in [0.1, 0.15) is 5.56 Å². The SMILES string of the molecule is O=C(CBr)Nc1ccc([N+](=O)[O-])c(C(F)(F)F)c1. The predicted molar refractivity (Wildman–Crippen MR) is 60.5 cm³/mol. The Kier molecular flexibility index (Phi) is 4.28. The number of nitro groups is 1. The first-order valence-corrected chi connectivity index (χ1v) is 5.59. The summed E-state index contributed by atoms with van der Waals surface area (Å²) in [4.78, 5) is 20.3. The summed E-state index contributed by atoms with van der Waals surface area (Å²) in [5.41, 5.74) is -2.61. The fraction of sp³-hybridized carbons (Fsp3) is 0.222. The van der Waals surface area contributed by atoms with Crippen LogP contribution in [0.15, 0.2) is 18.2 Å². The molecule has 0 fully saturated rings. The first-order valence-electron chi connectivity index (χ1n) is 4.47. The van der Waals surface area contributed by atoms with Gasteiger partial charge >= 0.3 is 6.18 Å². The summed E-state index contributed by atoms with van der Waals surface area (Å²) < 4.78 is 37.7. The highest BCUT2D eigenvalue weighted by Crippen LogP contribution is 2.37. The molecule has 0 heterocycles. The number of nitrogens with one attached hydrogen (secondary N) is 1. The van der Waals surface area contributed by atoms with Crippen LogP contribution in [0.25, 0.3) is 0 Å². The van der Waals surface area contributed by atoms with Crippen molar-refractivity contribution in [3.63, 3.8) is 0 Å². The maximum atomic E-state index is 12.6. The molecule has 0 radical (unpaired) electrons. The van der Waals surface area contributed by atoms with Crippen LogP contribution < -0.4 is 5.32 Å². The van der Waals surface area contributed by atoms with E-state index in [4.69, 9.17) is 0 Å². The van der Waals surface area contributed by atoms with Gasteiger partial charge in [0.2, 0.25) is 5.91 Å². The van der Waals surface area contributed by atoms with Crippen LogP contribution in [0.4, 0.5) is 24.5 Å². The molecular formula is C9H6BrF3N2O3. The van der Waals surface area contributed by atoms with E-state index in [2.05, 4.69) is 21.2 Å². The van der Waals surface area contributed by atoms with Crippen LogP contribution in [0, 0.1) is 10.1 Å². The number of rotatable bonds is 3. The van der Waals surface area contributed by atoms with Crippen molar-refractivity contribution in [2.45, 2.75) is 6.18 Å². The predicted octanol–water partition coefficient (Wildman–Crippen LogP) is 2.95. The van der Waals surface area contributed by atoms with Gasteiger partial charge in [-0.15, -0.1) is 0 Å². The van der Waals surface area contributed by atoms with Gasteiger partial charge in [-0.05, 0) is 12.1 Å². The lowest BCUT2D eigenvalue weighted by molar-refractivity contribution is -0.388. The Morgan fingerprint density at radius 1 is 1.44 bits per heavy atom. The number of carbonyl (C=O) groups excluding carboxylic acids is 1. The third kappa shape index (κ3) is 3.42. The fourth-order valence-corrected chi connectivity index (χ4v) is 1.33. The van der Waals surface area contributed by atoms with Gasteiger partial charge in [0, 0.05) is 11.8 Å². The van der Waals surface area contributed by atoms with Gasteiger partial charge in [0.1, 0.15) is 5.56 Å². The Bertz CT molecular complexity index is 490. The molecule has 18 heavy (non-hydrogen) atoms. The van der Waals surface area contributed by atoms with E-state index in [1.54, 1.807) is 0 Å². The zero-order valence-electron chi connectivity index (χ0n) is 8.62. The van der Waals surface area contributed by atoms with E-state index < -0.39 is 28.3 Å². The van der Waals surface area contributed by atoms with Crippen LogP contribution in [-0.2, 0) is 11.0 Å². The van der Waals surface area contributed by atoms with Crippen molar-refractivity contribution in [3.8, 4) is 0 Å². The molecule has 0 aromatic heterocycles. The Hall–Kier alpha value is -1.64. The second kappa shape index (κ2) is 5.34. The average Bonchev–Trinajstić information content (AvgIpc) is 2.27. The van der Waals surface area contributed by atoms with E-state index in [1.165, 1.54) is 0 Å². The molecule has 1 aromatic rings. The summed E-state index contributed by atoms with van der Waals surface area (Å²) in [6.07, 6.45) is -4.86. The molecule has 1 rings (SSSR count). The first-order chi connectivity index (χ1) is 8.25. The zero-order valence-corrected chi connectivity index (χ0v) is 10.2. The molecule has 0 bridgehead atoms. The summed E-state index contributed by atoms with van der Waals surface area (Å²) in [5, 5.41) is 12.5. The van der Waals surface area contributed by atoms with Gasteiger partial charge in [0.05, 0.1) is 10.3 Å². The van der Waals surface area contributed by atoms with Crippen molar-refractivity contribution in [1.82, 2.24) is 0 Å². The quantitative estimate of drug-likeness (QED) is 0.527. The molecule has 0 unspecified atom stereocenters. The van der Waals surface area contributed by atoms with E-state index in [0.29, 0.717) is 12.1 Å². The Balaban J connectivity index is 3.22. The normalized spacial score (nSPS) is 11.1. The number of anilines is 1. The van der Waals surface area contributed by atoms with Crippen LogP contribution in [-0.4, -0.2) is 16.2 Å². The summed E-state index contributed by atoms with van der Waals surface area (Å²) in [6.45, 7) is 0. The Morgan fingerprint density at radius 2 is 2.06 bits per heavy atom. The minimum Gasteiger partial charge on any atom is -0.325 e. The van der Waals surface area contributed by atoms with Gasteiger partial charge in [-0.25, -0.2) is 0 Å². The highest BCUT2D eigenvalue weighted by Gasteiger charge is 2.38. The van der Waals surface area contributed by atoms with E-state index in [0.717, 1.165) is 6.07 Å². The minimum atomic E-state index is -4.86. The van der Waals surface area contributed by atoms with Crippen molar-refractivity contribution in [2.75, 3.05) is 10.6 Å². The maximum Gasteiger partial charge on any atom is 0.423 e. The Labute approximate surface area is 107 Å². The highest BCUT2D eigenvalue weighted by molar-refractivity contribution is 9.09. The van der Waals surface area contributed by atoms with Crippen molar-refractivity contribution in [3.05, 3.63) is 33.9 Å². The van der Waals surface area contributed by atoms with Crippen molar-refractivity contribution < 1.29 is 22.9 Å². The van der Waals surface area contributed by atoms with E-state index in [-0.39, 0.29) is 11.0 Å². The maximum absolute atomic E-state index is 12.6. The molecule has 1 aromatic carbocycles. The first kappa shape index (κ1) is 14.4. The molecule has 5 nitrogen and oxygen atoms in total. The third-order valence-electron chi connectivity index (χ3n) is 1.90. The topological polar surface area (TPSA) is 72.2 Å². The smallest absolute Gasteiger partial charge is 0.325 e. The number of amides is 1. The van der Waals surface area contributed by atoms with Crippen LogP contribution in [0.5, 0.6) is 0 Å². The summed E-state index contributed by atoms with van der Waals surface area (Å²) >= 11 is 2.83. The van der Waals surface area contributed by atoms with E-state index in [1.807, 2.05) is 0 Å². The van der Waals surface area contributed by atoms with Gasteiger partial charge in [-0.2, -0.15) is 13.2 Å². The lowest BCUT2D eigenvalue weighted by atomic mass is 10.1. The van der Waals surface area contributed by atoms with Crippen LogP contribution in [0.3, 0.4) is 0 Å². The largest absolute Gasteiger partial charge is 0.423 e. The number of alkyl halides is 4. The minimum absolute atomic E-state index is 0.0919. The monoisotopic (exact) mass is 326 g/mol. The molecule has 0 aliphatic carbocycles. The van der Waals surface area contributed by atoms with Crippen molar-refractivity contribution in [2.24, 2.45) is 0 Å². The number of hydrogen-bond acceptors (Lipinski definition) is 3. The molecule has 1 amide bonds. The van der Waals surface area contributed by atoms with E-state index in [9.17, 15) is 28.1 Å². The second-order valence-electron chi connectivity index (χ2n) is 3.17. The third-order valence-corrected chi connectivity index (χ3v) is 2.41. The van der Waals surface area contributed by atoms with Crippen molar-refractivity contribution >= 4 is 33.2 Å². The number of nitrogens with zero attached hydrogens (tertiary/aromatic N) is 1. The van der Waals surface area contributed by atoms with Crippen LogP contribution in [0.2, 0.25) is 0 Å².